The van der Waals surface area contributed by atoms with E-state index in [1.54, 1.807) is 0 Å². The Kier molecular flexibility index (Phi) is 2.46. The first-order chi connectivity index (χ1) is 8.59. The first-order valence-electron chi connectivity index (χ1n) is 5.93. The van der Waals surface area contributed by atoms with Crippen LogP contribution in [0.1, 0.15) is 5.56 Å². The SMILES string of the molecule is O=C1NC(=O)[C@@]2(O)CN(Cc3ccccc3)C[C@@H]12. The summed E-state index contributed by atoms with van der Waals surface area (Å²) in [5, 5.41) is 12.4. The molecule has 2 heterocycles. The van der Waals surface area contributed by atoms with Crippen LogP contribution in [0.3, 0.4) is 0 Å². The molecular formula is C13H14N2O3. The van der Waals surface area contributed by atoms with Crippen LogP contribution in [0.4, 0.5) is 0 Å². The summed E-state index contributed by atoms with van der Waals surface area (Å²) in [5.41, 5.74) is -0.430. The molecule has 18 heavy (non-hydrogen) atoms. The predicted octanol–water partition coefficient (Wildman–Crippen LogP) is -0.494. The van der Waals surface area contributed by atoms with Crippen molar-refractivity contribution in [3.63, 3.8) is 0 Å². The van der Waals surface area contributed by atoms with Crippen LogP contribution in [0, 0.1) is 5.92 Å². The van der Waals surface area contributed by atoms with Gasteiger partial charge in [-0.15, -0.1) is 0 Å². The largest absolute Gasteiger partial charge is 0.378 e. The molecule has 2 N–H and O–H groups in total. The minimum absolute atomic E-state index is 0.212. The molecule has 0 spiro atoms. The highest BCUT2D eigenvalue weighted by Crippen LogP contribution is 2.33. The Morgan fingerprint density at radius 1 is 1.33 bits per heavy atom. The van der Waals surface area contributed by atoms with Gasteiger partial charge in [0.05, 0.1) is 5.92 Å². The number of likely N-dealkylation sites (tertiary alicyclic amines) is 1. The maximum atomic E-state index is 11.6. The fraction of sp³-hybridized carbons (Fsp3) is 0.385. The molecule has 0 aliphatic carbocycles. The first-order valence-corrected chi connectivity index (χ1v) is 5.93. The lowest BCUT2D eigenvalue weighted by atomic mass is 9.94. The van der Waals surface area contributed by atoms with Crippen molar-refractivity contribution >= 4 is 11.8 Å². The molecule has 2 fully saturated rings. The van der Waals surface area contributed by atoms with Crippen molar-refractivity contribution < 1.29 is 14.7 Å². The van der Waals surface area contributed by atoms with Crippen LogP contribution >= 0.6 is 0 Å². The number of hydrogen-bond acceptors (Lipinski definition) is 4. The van der Waals surface area contributed by atoms with Crippen molar-refractivity contribution in [3.05, 3.63) is 35.9 Å². The number of fused-ring (bicyclic) bond motifs is 1. The lowest BCUT2D eigenvalue weighted by Gasteiger charge is -2.19. The molecule has 0 saturated carbocycles. The van der Waals surface area contributed by atoms with Crippen LogP contribution in [-0.2, 0) is 16.1 Å². The molecule has 0 aromatic heterocycles. The van der Waals surface area contributed by atoms with Crippen molar-refractivity contribution in [2.75, 3.05) is 13.1 Å². The van der Waals surface area contributed by atoms with Gasteiger partial charge in [0.2, 0.25) is 5.91 Å². The molecule has 94 valence electrons. The van der Waals surface area contributed by atoms with Crippen LogP contribution in [0.25, 0.3) is 0 Å². The van der Waals surface area contributed by atoms with E-state index in [9.17, 15) is 14.7 Å². The molecule has 0 unspecified atom stereocenters. The van der Waals surface area contributed by atoms with Gasteiger partial charge in [0.25, 0.3) is 5.91 Å². The van der Waals surface area contributed by atoms with Gasteiger partial charge < -0.3 is 5.11 Å². The van der Waals surface area contributed by atoms with E-state index in [-0.39, 0.29) is 12.5 Å². The zero-order chi connectivity index (χ0) is 12.8. The number of aliphatic hydroxyl groups is 1. The molecule has 0 radical (unpaired) electrons. The molecule has 0 bridgehead atoms. The van der Waals surface area contributed by atoms with Crippen molar-refractivity contribution in [1.29, 1.82) is 0 Å². The van der Waals surface area contributed by atoms with Gasteiger partial charge in [-0.2, -0.15) is 0 Å². The lowest BCUT2D eigenvalue weighted by Crippen LogP contribution is -2.44. The Bertz CT molecular complexity index is 502. The number of hydrogen-bond donors (Lipinski definition) is 2. The average Bonchev–Trinajstić information content (AvgIpc) is 2.77. The van der Waals surface area contributed by atoms with Gasteiger partial charge in [0.15, 0.2) is 5.60 Å². The maximum absolute atomic E-state index is 11.6. The minimum atomic E-state index is -1.54. The first kappa shape index (κ1) is 11.4. The van der Waals surface area contributed by atoms with Gasteiger partial charge in [-0.1, -0.05) is 30.3 Å². The monoisotopic (exact) mass is 246 g/mol. The van der Waals surface area contributed by atoms with Crippen LogP contribution in [0.15, 0.2) is 30.3 Å². The van der Waals surface area contributed by atoms with E-state index in [1.807, 2.05) is 35.2 Å². The number of imide groups is 1. The number of nitrogens with one attached hydrogen (secondary N) is 1. The highest BCUT2D eigenvalue weighted by atomic mass is 16.3. The molecule has 2 aliphatic rings. The molecule has 2 atom stereocenters. The Hall–Kier alpha value is -1.72. The number of rotatable bonds is 2. The van der Waals surface area contributed by atoms with Gasteiger partial charge in [0.1, 0.15) is 0 Å². The van der Waals surface area contributed by atoms with Gasteiger partial charge in [-0.05, 0) is 5.56 Å². The Morgan fingerprint density at radius 3 is 2.72 bits per heavy atom. The second-order valence-corrected chi connectivity index (χ2v) is 4.95. The zero-order valence-corrected chi connectivity index (χ0v) is 9.80. The molecule has 5 nitrogen and oxygen atoms in total. The highest BCUT2D eigenvalue weighted by Gasteiger charge is 2.59. The number of amides is 2. The zero-order valence-electron chi connectivity index (χ0n) is 9.80. The van der Waals surface area contributed by atoms with Crippen LogP contribution in [-0.4, -0.2) is 40.5 Å². The number of carbonyl (C=O) groups excluding carboxylic acids is 2. The molecule has 1 aromatic carbocycles. The Labute approximate surface area is 104 Å². The minimum Gasteiger partial charge on any atom is -0.378 e. The Balaban J connectivity index is 1.76. The van der Waals surface area contributed by atoms with Crippen molar-refractivity contribution in [3.8, 4) is 0 Å². The van der Waals surface area contributed by atoms with Crippen molar-refractivity contribution in [2.45, 2.75) is 12.1 Å². The van der Waals surface area contributed by atoms with Crippen molar-refractivity contribution in [2.24, 2.45) is 5.92 Å². The third kappa shape index (κ3) is 1.63. The summed E-state index contributed by atoms with van der Waals surface area (Å²) in [4.78, 5) is 25.1. The number of β-amino-alcohol motifs (C(OH)–C–C–N with tert-alkyl or cyclic N) is 1. The molecule has 1 aromatic rings. The maximum Gasteiger partial charge on any atom is 0.260 e. The molecule has 3 rings (SSSR count). The van der Waals surface area contributed by atoms with E-state index < -0.39 is 17.4 Å². The van der Waals surface area contributed by atoms with Crippen LogP contribution in [0.5, 0.6) is 0 Å². The van der Waals surface area contributed by atoms with E-state index in [2.05, 4.69) is 5.32 Å². The molecule has 2 aliphatic heterocycles. The third-order valence-electron chi connectivity index (χ3n) is 3.68. The smallest absolute Gasteiger partial charge is 0.260 e. The second-order valence-electron chi connectivity index (χ2n) is 4.95. The second kappa shape index (κ2) is 3.90. The Morgan fingerprint density at radius 2 is 2.06 bits per heavy atom. The topological polar surface area (TPSA) is 69.6 Å². The van der Waals surface area contributed by atoms with Crippen LogP contribution < -0.4 is 5.32 Å². The van der Waals surface area contributed by atoms with E-state index in [0.717, 1.165) is 5.56 Å². The average molecular weight is 246 g/mol. The summed E-state index contributed by atoms with van der Waals surface area (Å²) in [6.45, 7) is 1.27. The summed E-state index contributed by atoms with van der Waals surface area (Å²) >= 11 is 0. The van der Waals surface area contributed by atoms with E-state index >= 15 is 0 Å². The molecule has 5 heteroatoms. The standard InChI is InChI=1S/C13H14N2O3/c16-11-10-7-15(6-9-4-2-1-3-5-9)8-13(10,18)12(17)14-11/h1-5,10,18H,6-8H2,(H,14,16,17)/t10-,13+/m0/s1. The van der Waals surface area contributed by atoms with Gasteiger partial charge in [-0.25, -0.2) is 0 Å². The van der Waals surface area contributed by atoms with Gasteiger partial charge in [0, 0.05) is 19.6 Å². The quantitative estimate of drug-likeness (QED) is 0.691. The molecule has 2 saturated heterocycles. The fourth-order valence-electron chi connectivity index (χ4n) is 2.72. The fourth-order valence-corrected chi connectivity index (χ4v) is 2.72. The summed E-state index contributed by atoms with van der Waals surface area (Å²) in [5.74, 6) is -1.56. The van der Waals surface area contributed by atoms with E-state index in [4.69, 9.17) is 0 Å². The third-order valence-corrected chi connectivity index (χ3v) is 3.68. The molecule has 2 amide bonds. The molecular weight excluding hydrogens is 232 g/mol. The van der Waals surface area contributed by atoms with Crippen molar-refractivity contribution in [1.82, 2.24) is 10.2 Å². The number of benzene rings is 1. The van der Waals surface area contributed by atoms with Crippen LogP contribution in [0.2, 0.25) is 0 Å². The van der Waals surface area contributed by atoms with E-state index in [0.29, 0.717) is 13.1 Å². The number of nitrogens with zero attached hydrogens (tertiary/aromatic N) is 1. The number of carbonyl (C=O) groups is 2. The predicted molar refractivity (Wildman–Crippen MR) is 63.3 cm³/mol. The van der Waals surface area contributed by atoms with Gasteiger partial charge >= 0.3 is 0 Å². The highest BCUT2D eigenvalue weighted by molar-refractivity contribution is 6.09. The van der Waals surface area contributed by atoms with E-state index in [1.165, 1.54) is 0 Å². The lowest BCUT2D eigenvalue weighted by molar-refractivity contribution is -0.135. The summed E-state index contributed by atoms with van der Waals surface area (Å²) < 4.78 is 0. The summed E-state index contributed by atoms with van der Waals surface area (Å²) in [7, 11) is 0. The normalized spacial score (nSPS) is 31.5. The summed E-state index contributed by atoms with van der Waals surface area (Å²) in [6, 6.07) is 9.80. The summed E-state index contributed by atoms with van der Waals surface area (Å²) in [6.07, 6.45) is 0. The van der Waals surface area contributed by atoms with Gasteiger partial charge in [-0.3, -0.25) is 19.8 Å².